The number of nitrogens with one attached hydrogen (secondary N) is 1. The molecule has 1 aromatic carbocycles. The second kappa shape index (κ2) is 4.81. The Labute approximate surface area is 111 Å². The van der Waals surface area contributed by atoms with Crippen molar-refractivity contribution in [3.63, 3.8) is 0 Å². The summed E-state index contributed by atoms with van der Waals surface area (Å²) in [6, 6.07) is 8.09. The Hall–Kier alpha value is -0.830. The molecule has 2 nitrogen and oxygen atoms in total. The first-order valence-corrected chi connectivity index (χ1v) is 6.88. The first-order valence-electron chi connectivity index (χ1n) is 6.09. The molecular formula is C14H18BrNO. The van der Waals surface area contributed by atoms with E-state index in [9.17, 15) is 4.79 Å². The molecule has 1 aliphatic rings. The molecule has 1 amide bonds. The number of carbonyl (C=O) groups excluding carboxylic acids is 1. The Bertz CT molecular complexity index is 424. The van der Waals surface area contributed by atoms with E-state index < -0.39 is 0 Å². The first kappa shape index (κ1) is 12.6. The molecule has 0 aliphatic heterocycles. The minimum atomic E-state index is -0.251. The van der Waals surface area contributed by atoms with Crippen LogP contribution in [0.3, 0.4) is 0 Å². The zero-order chi connectivity index (χ0) is 12.5. The van der Waals surface area contributed by atoms with E-state index >= 15 is 0 Å². The van der Waals surface area contributed by atoms with Gasteiger partial charge in [0.25, 0.3) is 0 Å². The van der Waals surface area contributed by atoms with Gasteiger partial charge in [0, 0.05) is 11.0 Å². The molecule has 92 valence electrons. The molecule has 2 rings (SSSR count). The Morgan fingerprint density at radius 3 is 2.71 bits per heavy atom. The molecule has 3 heteroatoms. The van der Waals surface area contributed by atoms with Crippen LogP contribution in [0.15, 0.2) is 28.7 Å². The van der Waals surface area contributed by atoms with Crippen molar-refractivity contribution >= 4 is 21.8 Å². The molecule has 1 N–H and O–H groups in total. The van der Waals surface area contributed by atoms with Crippen LogP contribution in [-0.4, -0.2) is 12.5 Å². The molecule has 0 aromatic heterocycles. The standard InChI is InChI=1S/C14H18BrNO/c1-10(2)9-16-13(17)14(6-7-14)11-4-3-5-12(15)8-11/h3-5,8,10H,6-7,9H2,1-2H3,(H,16,17). The summed E-state index contributed by atoms with van der Waals surface area (Å²) in [6.07, 6.45) is 1.93. The van der Waals surface area contributed by atoms with E-state index in [1.165, 1.54) is 0 Å². The third-order valence-electron chi connectivity index (χ3n) is 3.23. The minimum absolute atomic E-state index is 0.185. The average Bonchev–Trinajstić information content (AvgIpc) is 3.07. The zero-order valence-electron chi connectivity index (χ0n) is 10.3. The summed E-state index contributed by atoms with van der Waals surface area (Å²) >= 11 is 3.46. The highest BCUT2D eigenvalue weighted by Crippen LogP contribution is 2.48. The van der Waals surface area contributed by atoms with Gasteiger partial charge in [0.2, 0.25) is 5.91 Å². The number of halogens is 1. The predicted molar refractivity (Wildman–Crippen MR) is 72.9 cm³/mol. The molecular weight excluding hydrogens is 278 g/mol. The maximum absolute atomic E-state index is 12.2. The van der Waals surface area contributed by atoms with Gasteiger partial charge < -0.3 is 5.32 Å². The van der Waals surface area contributed by atoms with Gasteiger partial charge in [-0.3, -0.25) is 4.79 Å². The molecule has 1 fully saturated rings. The Kier molecular flexibility index (Phi) is 3.57. The van der Waals surface area contributed by atoms with Crippen LogP contribution in [0.4, 0.5) is 0 Å². The van der Waals surface area contributed by atoms with E-state index in [-0.39, 0.29) is 11.3 Å². The van der Waals surface area contributed by atoms with Crippen LogP contribution in [0.5, 0.6) is 0 Å². The number of hydrogen-bond acceptors (Lipinski definition) is 1. The lowest BCUT2D eigenvalue weighted by atomic mass is 9.95. The lowest BCUT2D eigenvalue weighted by Crippen LogP contribution is -2.36. The minimum Gasteiger partial charge on any atom is -0.355 e. The van der Waals surface area contributed by atoms with Crippen LogP contribution in [0.25, 0.3) is 0 Å². The van der Waals surface area contributed by atoms with Crippen molar-refractivity contribution in [1.29, 1.82) is 0 Å². The number of amides is 1. The van der Waals surface area contributed by atoms with Gasteiger partial charge in [-0.1, -0.05) is 41.9 Å². The highest BCUT2D eigenvalue weighted by molar-refractivity contribution is 9.10. The predicted octanol–water partition coefficient (Wildman–Crippen LogP) is 3.25. The van der Waals surface area contributed by atoms with Crippen molar-refractivity contribution in [2.24, 2.45) is 5.92 Å². The quantitative estimate of drug-likeness (QED) is 0.908. The Morgan fingerprint density at radius 1 is 1.47 bits per heavy atom. The third-order valence-corrected chi connectivity index (χ3v) is 3.73. The van der Waals surface area contributed by atoms with Crippen LogP contribution in [0.1, 0.15) is 32.3 Å². The smallest absolute Gasteiger partial charge is 0.230 e. The van der Waals surface area contributed by atoms with Gasteiger partial charge >= 0.3 is 0 Å². The van der Waals surface area contributed by atoms with Gasteiger partial charge in [-0.15, -0.1) is 0 Å². The lowest BCUT2D eigenvalue weighted by molar-refractivity contribution is -0.123. The van der Waals surface area contributed by atoms with Crippen molar-refractivity contribution in [3.8, 4) is 0 Å². The topological polar surface area (TPSA) is 29.1 Å². The summed E-state index contributed by atoms with van der Waals surface area (Å²) in [5, 5.41) is 3.05. The van der Waals surface area contributed by atoms with Crippen LogP contribution in [-0.2, 0) is 10.2 Å². The summed E-state index contributed by atoms with van der Waals surface area (Å²) in [6.45, 7) is 4.98. The van der Waals surface area contributed by atoms with Crippen LogP contribution in [0.2, 0.25) is 0 Å². The zero-order valence-corrected chi connectivity index (χ0v) is 11.9. The number of rotatable bonds is 4. The highest BCUT2D eigenvalue weighted by Gasteiger charge is 2.51. The molecule has 0 atom stereocenters. The molecule has 0 radical (unpaired) electrons. The van der Waals surface area contributed by atoms with Gasteiger partial charge in [0.1, 0.15) is 0 Å². The molecule has 0 bridgehead atoms. The number of hydrogen-bond donors (Lipinski definition) is 1. The Balaban J connectivity index is 2.11. The fraction of sp³-hybridized carbons (Fsp3) is 0.500. The molecule has 17 heavy (non-hydrogen) atoms. The first-order chi connectivity index (χ1) is 8.04. The monoisotopic (exact) mass is 295 g/mol. The van der Waals surface area contributed by atoms with Crippen molar-refractivity contribution in [1.82, 2.24) is 5.32 Å². The summed E-state index contributed by atoms with van der Waals surface area (Å²) < 4.78 is 1.04. The SMILES string of the molecule is CC(C)CNC(=O)C1(c2cccc(Br)c2)CC1. The fourth-order valence-corrected chi connectivity index (χ4v) is 2.42. The molecule has 1 aliphatic carbocycles. The van der Waals surface area contributed by atoms with Crippen LogP contribution >= 0.6 is 15.9 Å². The average molecular weight is 296 g/mol. The normalized spacial score (nSPS) is 16.9. The van der Waals surface area contributed by atoms with Gasteiger partial charge in [-0.2, -0.15) is 0 Å². The van der Waals surface area contributed by atoms with Crippen molar-refractivity contribution < 1.29 is 4.79 Å². The Morgan fingerprint density at radius 2 is 2.18 bits per heavy atom. The lowest BCUT2D eigenvalue weighted by Gasteiger charge is -2.17. The summed E-state index contributed by atoms with van der Waals surface area (Å²) in [4.78, 5) is 12.2. The number of carbonyl (C=O) groups is 1. The molecule has 0 unspecified atom stereocenters. The van der Waals surface area contributed by atoms with E-state index in [0.717, 1.165) is 29.4 Å². The summed E-state index contributed by atoms with van der Waals surface area (Å²) in [7, 11) is 0. The molecule has 0 saturated heterocycles. The van der Waals surface area contributed by atoms with E-state index in [4.69, 9.17) is 0 Å². The van der Waals surface area contributed by atoms with Gasteiger partial charge in [-0.05, 0) is 36.5 Å². The third kappa shape index (κ3) is 2.71. The summed E-state index contributed by atoms with van der Waals surface area (Å²) in [5.74, 6) is 0.682. The van der Waals surface area contributed by atoms with Crippen molar-refractivity contribution in [2.75, 3.05) is 6.54 Å². The van der Waals surface area contributed by atoms with E-state index in [2.05, 4.69) is 41.2 Å². The van der Waals surface area contributed by atoms with Crippen molar-refractivity contribution in [2.45, 2.75) is 32.1 Å². The van der Waals surface area contributed by atoms with Gasteiger partial charge in [0.05, 0.1) is 5.41 Å². The van der Waals surface area contributed by atoms with E-state index in [0.29, 0.717) is 5.92 Å². The number of benzene rings is 1. The maximum atomic E-state index is 12.2. The van der Waals surface area contributed by atoms with Crippen molar-refractivity contribution in [3.05, 3.63) is 34.3 Å². The highest BCUT2D eigenvalue weighted by atomic mass is 79.9. The molecule has 1 saturated carbocycles. The van der Waals surface area contributed by atoms with Gasteiger partial charge in [-0.25, -0.2) is 0 Å². The van der Waals surface area contributed by atoms with E-state index in [1.807, 2.05) is 18.2 Å². The van der Waals surface area contributed by atoms with Gasteiger partial charge in [0.15, 0.2) is 0 Å². The maximum Gasteiger partial charge on any atom is 0.230 e. The fourth-order valence-electron chi connectivity index (χ4n) is 2.02. The second-order valence-corrected chi connectivity index (χ2v) is 6.11. The molecule has 0 spiro atoms. The van der Waals surface area contributed by atoms with Crippen LogP contribution in [0, 0.1) is 5.92 Å². The molecule has 0 heterocycles. The summed E-state index contributed by atoms with van der Waals surface area (Å²) in [5.41, 5.74) is 0.881. The molecule has 1 aromatic rings. The van der Waals surface area contributed by atoms with Crippen LogP contribution < -0.4 is 5.32 Å². The second-order valence-electron chi connectivity index (χ2n) is 5.20. The van der Waals surface area contributed by atoms with E-state index in [1.54, 1.807) is 0 Å². The largest absolute Gasteiger partial charge is 0.355 e.